The van der Waals surface area contributed by atoms with Gasteiger partial charge >= 0.3 is 5.63 Å². The molecule has 0 saturated heterocycles. The zero-order chi connectivity index (χ0) is 17.3. The molecule has 2 aromatic carbocycles. The number of anilines is 1. The summed E-state index contributed by atoms with van der Waals surface area (Å²) in [6.45, 7) is 0. The van der Waals surface area contributed by atoms with Gasteiger partial charge in [0, 0.05) is 16.5 Å². The summed E-state index contributed by atoms with van der Waals surface area (Å²) in [6.07, 6.45) is 0. The van der Waals surface area contributed by atoms with Crippen molar-refractivity contribution in [2.75, 3.05) is 5.32 Å². The van der Waals surface area contributed by atoms with Gasteiger partial charge in [-0.05, 0) is 30.3 Å². The monoisotopic (exact) mass is 344 g/mol. The predicted molar refractivity (Wildman–Crippen MR) is 88.5 cm³/mol. The smallest absolute Gasteiger partial charge is 0.349 e. The van der Waals surface area contributed by atoms with Crippen molar-refractivity contribution in [3.63, 3.8) is 0 Å². The van der Waals surface area contributed by atoms with Crippen molar-refractivity contribution in [1.82, 2.24) is 0 Å². The van der Waals surface area contributed by atoms with Crippen LogP contribution in [0.1, 0.15) is 10.4 Å². The topological polar surface area (TPSA) is 102 Å². The van der Waals surface area contributed by atoms with Gasteiger partial charge in [0.1, 0.15) is 16.8 Å². The molecule has 0 aliphatic heterocycles. The number of nitro groups is 1. The summed E-state index contributed by atoms with van der Waals surface area (Å²) >= 11 is 5.88. The summed E-state index contributed by atoms with van der Waals surface area (Å²) < 4.78 is 5.08. The number of hydrogen-bond donors (Lipinski definition) is 1. The summed E-state index contributed by atoms with van der Waals surface area (Å²) in [5.41, 5.74) is -1.13. The van der Waals surface area contributed by atoms with Crippen LogP contribution in [-0.2, 0) is 0 Å². The molecular formula is C16H9ClN2O5. The van der Waals surface area contributed by atoms with Crippen molar-refractivity contribution >= 4 is 39.9 Å². The Balaban J connectivity index is 2.02. The zero-order valence-corrected chi connectivity index (χ0v) is 12.7. The normalized spacial score (nSPS) is 10.5. The Labute approximate surface area is 139 Å². The molecule has 7 nitrogen and oxygen atoms in total. The van der Waals surface area contributed by atoms with Crippen LogP contribution in [0, 0.1) is 10.1 Å². The molecule has 0 aliphatic carbocycles. The first kappa shape index (κ1) is 15.7. The zero-order valence-electron chi connectivity index (χ0n) is 12.0. The predicted octanol–water partition coefficient (Wildman–Crippen LogP) is 3.61. The van der Waals surface area contributed by atoms with Crippen LogP contribution in [0.25, 0.3) is 11.0 Å². The number of amides is 1. The lowest BCUT2D eigenvalue weighted by molar-refractivity contribution is -0.383. The van der Waals surface area contributed by atoms with Crippen molar-refractivity contribution in [2.24, 2.45) is 0 Å². The van der Waals surface area contributed by atoms with Gasteiger partial charge < -0.3 is 9.73 Å². The van der Waals surface area contributed by atoms with Crippen molar-refractivity contribution in [1.29, 1.82) is 0 Å². The van der Waals surface area contributed by atoms with E-state index in [1.54, 1.807) is 12.1 Å². The molecule has 3 rings (SSSR count). The number of carbonyl (C=O) groups excluding carboxylic acids is 1. The second kappa shape index (κ2) is 6.13. The molecule has 0 radical (unpaired) electrons. The number of benzene rings is 2. The maximum Gasteiger partial charge on any atom is 0.349 e. The minimum absolute atomic E-state index is 0.0157. The van der Waals surface area contributed by atoms with E-state index < -0.39 is 16.5 Å². The van der Waals surface area contributed by atoms with E-state index in [1.165, 1.54) is 36.4 Å². The number of nitrogens with zero attached hydrogens (tertiary/aromatic N) is 1. The molecule has 120 valence electrons. The summed E-state index contributed by atoms with van der Waals surface area (Å²) in [5.74, 6) is -0.806. The fourth-order valence-corrected chi connectivity index (χ4v) is 2.36. The summed E-state index contributed by atoms with van der Waals surface area (Å²) in [7, 11) is 0. The van der Waals surface area contributed by atoms with Gasteiger partial charge in [0.15, 0.2) is 0 Å². The number of fused-ring (bicyclic) bond motifs is 1. The van der Waals surface area contributed by atoms with Crippen LogP contribution in [0.5, 0.6) is 0 Å². The number of para-hydroxylation sites is 2. The largest absolute Gasteiger partial charge is 0.422 e. The average Bonchev–Trinajstić information content (AvgIpc) is 2.54. The van der Waals surface area contributed by atoms with E-state index in [4.69, 9.17) is 16.0 Å². The third kappa shape index (κ3) is 2.97. The second-order valence-corrected chi connectivity index (χ2v) is 5.29. The van der Waals surface area contributed by atoms with Crippen LogP contribution in [0.4, 0.5) is 11.4 Å². The lowest BCUT2D eigenvalue weighted by Crippen LogP contribution is -2.21. The first-order valence-corrected chi connectivity index (χ1v) is 7.11. The molecule has 0 fully saturated rings. The Bertz CT molecular complexity index is 1030. The Morgan fingerprint density at radius 2 is 1.92 bits per heavy atom. The molecule has 1 amide bonds. The number of halogens is 1. The molecular weight excluding hydrogens is 336 g/mol. The van der Waals surface area contributed by atoms with Crippen molar-refractivity contribution in [2.45, 2.75) is 0 Å². The number of carbonyl (C=O) groups is 1. The van der Waals surface area contributed by atoms with E-state index in [0.717, 1.165) is 0 Å². The van der Waals surface area contributed by atoms with Crippen molar-refractivity contribution in [3.05, 3.63) is 79.7 Å². The lowest BCUT2D eigenvalue weighted by Gasteiger charge is -2.06. The van der Waals surface area contributed by atoms with Crippen LogP contribution >= 0.6 is 11.6 Å². The quantitative estimate of drug-likeness (QED) is 0.444. The van der Waals surface area contributed by atoms with Gasteiger partial charge in [-0.3, -0.25) is 14.9 Å². The Morgan fingerprint density at radius 3 is 2.67 bits per heavy atom. The third-order valence-electron chi connectivity index (χ3n) is 3.29. The van der Waals surface area contributed by atoms with Crippen LogP contribution < -0.4 is 10.9 Å². The van der Waals surface area contributed by atoms with Crippen LogP contribution in [0.2, 0.25) is 5.02 Å². The van der Waals surface area contributed by atoms with Gasteiger partial charge in [0.2, 0.25) is 0 Å². The molecule has 0 saturated carbocycles. The van der Waals surface area contributed by atoms with Crippen LogP contribution in [0.3, 0.4) is 0 Å². The van der Waals surface area contributed by atoms with Crippen molar-refractivity contribution < 1.29 is 14.1 Å². The van der Waals surface area contributed by atoms with Crippen LogP contribution in [0.15, 0.2) is 57.7 Å². The Kier molecular flexibility index (Phi) is 4.01. The van der Waals surface area contributed by atoms with E-state index in [2.05, 4.69) is 5.32 Å². The fourth-order valence-electron chi connectivity index (χ4n) is 2.18. The number of nitro benzene ring substituents is 1. The van der Waals surface area contributed by atoms with Crippen LogP contribution in [-0.4, -0.2) is 10.8 Å². The summed E-state index contributed by atoms with van der Waals surface area (Å²) in [6, 6.07) is 11.6. The van der Waals surface area contributed by atoms with Gasteiger partial charge in [0.05, 0.1) is 4.92 Å². The van der Waals surface area contributed by atoms with E-state index in [0.29, 0.717) is 10.4 Å². The highest BCUT2D eigenvalue weighted by Gasteiger charge is 2.19. The molecule has 8 heteroatoms. The molecule has 3 aromatic rings. The van der Waals surface area contributed by atoms with E-state index in [9.17, 15) is 19.7 Å². The number of hydrogen-bond acceptors (Lipinski definition) is 5. The highest BCUT2D eigenvalue weighted by molar-refractivity contribution is 6.31. The minimum Gasteiger partial charge on any atom is -0.422 e. The van der Waals surface area contributed by atoms with E-state index >= 15 is 0 Å². The van der Waals surface area contributed by atoms with Gasteiger partial charge in [-0.15, -0.1) is 0 Å². The van der Waals surface area contributed by atoms with Crippen molar-refractivity contribution in [3.8, 4) is 0 Å². The molecule has 1 N–H and O–H groups in total. The molecule has 0 unspecified atom stereocenters. The van der Waals surface area contributed by atoms with Gasteiger partial charge in [-0.1, -0.05) is 23.7 Å². The minimum atomic E-state index is -0.846. The van der Waals surface area contributed by atoms with Gasteiger partial charge in [-0.25, -0.2) is 4.79 Å². The molecule has 1 heterocycles. The lowest BCUT2D eigenvalue weighted by atomic mass is 10.1. The number of nitrogens with one attached hydrogen (secondary N) is 1. The number of rotatable bonds is 3. The molecule has 0 bridgehead atoms. The maximum atomic E-state index is 12.3. The maximum absolute atomic E-state index is 12.3. The molecule has 24 heavy (non-hydrogen) atoms. The molecule has 1 aromatic heterocycles. The summed E-state index contributed by atoms with van der Waals surface area (Å²) in [5, 5.41) is 14.2. The molecule has 0 aliphatic rings. The molecule has 0 spiro atoms. The second-order valence-electron chi connectivity index (χ2n) is 4.86. The highest BCUT2D eigenvalue weighted by Crippen LogP contribution is 2.24. The standard InChI is InChI=1S/C16H9ClN2O5/c17-10-5-6-14-9(7-10)8-11(16(21)24-14)15(20)18-12-3-1-2-4-13(12)19(22)23/h1-8H,(H,18,20). The first-order valence-electron chi connectivity index (χ1n) is 6.74. The van der Waals surface area contributed by atoms with Gasteiger partial charge in [0.25, 0.3) is 11.6 Å². The van der Waals surface area contributed by atoms with E-state index in [-0.39, 0.29) is 22.5 Å². The SMILES string of the molecule is O=C(Nc1ccccc1[N+](=O)[O-])c1cc2cc(Cl)ccc2oc1=O. The Hall–Kier alpha value is -3.19. The third-order valence-corrected chi connectivity index (χ3v) is 3.52. The Morgan fingerprint density at radius 1 is 1.17 bits per heavy atom. The van der Waals surface area contributed by atoms with Gasteiger partial charge in [-0.2, -0.15) is 0 Å². The molecule has 0 atom stereocenters. The van der Waals surface area contributed by atoms with E-state index in [1.807, 2.05) is 0 Å². The fraction of sp³-hybridized carbons (Fsp3) is 0. The first-order chi connectivity index (χ1) is 11.5. The average molecular weight is 345 g/mol. The highest BCUT2D eigenvalue weighted by atomic mass is 35.5. The summed E-state index contributed by atoms with van der Waals surface area (Å²) in [4.78, 5) is 34.6.